The van der Waals surface area contributed by atoms with Gasteiger partial charge in [0, 0.05) is 26.2 Å². The van der Waals surface area contributed by atoms with Crippen molar-refractivity contribution in [2.45, 2.75) is 17.7 Å². The van der Waals surface area contributed by atoms with Crippen LogP contribution in [0, 0.1) is 23.2 Å². The predicted molar refractivity (Wildman–Crippen MR) is 104 cm³/mol. The Kier molecular flexibility index (Phi) is 5.25. The molecule has 2 fully saturated rings. The minimum atomic E-state index is -3.77. The zero-order chi connectivity index (χ0) is 20.6. The molecule has 2 unspecified atom stereocenters. The summed E-state index contributed by atoms with van der Waals surface area (Å²) in [5.41, 5.74) is 0.124. The molecule has 0 saturated carbocycles. The van der Waals surface area contributed by atoms with E-state index in [0.29, 0.717) is 25.9 Å². The number of sulfonamides is 1. The summed E-state index contributed by atoms with van der Waals surface area (Å²) < 4.78 is 27.2. The lowest BCUT2D eigenvalue weighted by Crippen LogP contribution is -2.52. The van der Waals surface area contributed by atoms with Gasteiger partial charge in [0.1, 0.15) is 6.07 Å². The molecule has 2 heterocycles. The molecule has 9 heteroatoms. The summed E-state index contributed by atoms with van der Waals surface area (Å²) >= 11 is 0. The zero-order valence-electron chi connectivity index (χ0n) is 15.9. The summed E-state index contributed by atoms with van der Waals surface area (Å²) in [4.78, 5) is 28.5. The maximum Gasteiger partial charge on any atom is 0.244 e. The van der Waals surface area contributed by atoms with Crippen LogP contribution >= 0.6 is 0 Å². The molecule has 2 aliphatic heterocycles. The average molecular weight is 414 g/mol. The first-order chi connectivity index (χ1) is 13.9. The molecule has 1 aromatic rings. The van der Waals surface area contributed by atoms with Crippen LogP contribution in [-0.2, 0) is 19.6 Å². The molecular formula is C20H22N4O4S. The monoisotopic (exact) mass is 414 g/mol. The molecule has 2 atom stereocenters. The maximum atomic E-state index is 12.9. The largest absolute Gasteiger partial charge is 0.283 e. The van der Waals surface area contributed by atoms with Crippen LogP contribution in [0.4, 0.5) is 0 Å². The van der Waals surface area contributed by atoms with Crippen LogP contribution in [0.15, 0.2) is 41.3 Å². The highest BCUT2D eigenvalue weighted by atomic mass is 32.2. The lowest BCUT2D eigenvalue weighted by Gasteiger charge is -2.35. The molecule has 1 aromatic carbocycles. The van der Waals surface area contributed by atoms with Gasteiger partial charge >= 0.3 is 0 Å². The quantitative estimate of drug-likeness (QED) is 0.533. The Bertz CT molecular complexity index is 980. The van der Waals surface area contributed by atoms with E-state index in [0.717, 1.165) is 0 Å². The number of imide groups is 1. The summed E-state index contributed by atoms with van der Waals surface area (Å²) in [6.07, 6.45) is 5.13. The molecule has 4 rings (SSSR count). The van der Waals surface area contributed by atoms with Crippen LogP contribution in [0.3, 0.4) is 0 Å². The molecule has 2 amide bonds. The maximum absolute atomic E-state index is 12.9. The molecule has 152 valence electrons. The van der Waals surface area contributed by atoms with E-state index in [1.165, 1.54) is 21.3 Å². The van der Waals surface area contributed by atoms with Gasteiger partial charge in [-0.3, -0.25) is 19.4 Å². The van der Waals surface area contributed by atoms with Crippen LogP contribution in [0.1, 0.15) is 18.4 Å². The first-order valence-corrected chi connectivity index (χ1v) is 11.1. The Labute approximate surface area is 170 Å². The number of benzene rings is 1. The molecule has 0 radical (unpaired) electrons. The number of allylic oxidation sites excluding steroid dienone is 2. The van der Waals surface area contributed by atoms with Crippen molar-refractivity contribution in [1.29, 1.82) is 5.26 Å². The predicted octanol–water partition coefficient (Wildman–Crippen LogP) is 0.773. The number of fused-ring (bicyclic) bond motifs is 1. The van der Waals surface area contributed by atoms with Crippen LogP contribution in [-0.4, -0.2) is 67.2 Å². The van der Waals surface area contributed by atoms with Crippen molar-refractivity contribution in [3.63, 3.8) is 0 Å². The Hall–Kier alpha value is -2.54. The fraction of sp³-hybridized carbons (Fsp3) is 0.450. The van der Waals surface area contributed by atoms with E-state index in [4.69, 9.17) is 0 Å². The Morgan fingerprint density at radius 3 is 2.14 bits per heavy atom. The third-order valence-corrected chi connectivity index (χ3v) is 7.85. The fourth-order valence-corrected chi connectivity index (χ4v) is 5.81. The van der Waals surface area contributed by atoms with Crippen LogP contribution in [0.25, 0.3) is 0 Å². The highest BCUT2D eigenvalue weighted by Gasteiger charge is 2.47. The van der Waals surface area contributed by atoms with E-state index in [1.54, 1.807) is 12.1 Å². The van der Waals surface area contributed by atoms with Crippen molar-refractivity contribution in [2.75, 3.05) is 32.8 Å². The summed E-state index contributed by atoms with van der Waals surface area (Å²) in [5, 5.41) is 9.20. The van der Waals surface area contributed by atoms with Crippen LogP contribution in [0.5, 0.6) is 0 Å². The first kappa shape index (κ1) is 19.8. The SMILES string of the molecule is N#Cc1ccccc1S(=O)(=O)N1CCN(CN2C(=O)C3CC=CCC3C2=O)CC1. The van der Waals surface area contributed by atoms with Crippen molar-refractivity contribution < 1.29 is 18.0 Å². The van der Waals surface area contributed by atoms with Crippen LogP contribution < -0.4 is 0 Å². The van der Waals surface area contributed by atoms with Gasteiger partial charge in [0.25, 0.3) is 0 Å². The molecule has 0 spiro atoms. The molecule has 8 nitrogen and oxygen atoms in total. The summed E-state index contributed by atoms with van der Waals surface area (Å²) in [5.74, 6) is -0.752. The molecule has 3 aliphatic rings. The van der Waals surface area contributed by atoms with Crippen molar-refractivity contribution >= 4 is 21.8 Å². The van der Waals surface area contributed by atoms with Gasteiger partial charge in [-0.1, -0.05) is 24.3 Å². The number of hydrogen-bond donors (Lipinski definition) is 0. The molecule has 2 saturated heterocycles. The minimum Gasteiger partial charge on any atom is -0.283 e. The molecule has 29 heavy (non-hydrogen) atoms. The van der Waals surface area contributed by atoms with Gasteiger partial charge in [0.05, 0.1) is 29.0 Å². The minimum absolute atomic E-state index is 0.0115. The third-order valence-electron chi connectivity index (χ3n) is 5.90. The van der Waals surface area contributed by atoms with Gasteiger partial charge in [0.15, 0.2) is 0 Å². The van der Waals surface area contributed by atoms with E-state index >= 15 is 0 Å². The molecule has 0 bridgehead atoms. The zero-order valence-corrected chi connectivity index (χ0v) is 16.7. The Morgan fingerprint density at radius 2 is 1.55 bits per heavy atom. The fourth-order valence-electron chi connectivity index (χ4n) is 4.24. The smallest absolute Gasteiger partial charge is 0.244 e. The van der Waals surface area contributed by atoms with E-state index in [1.807, 2.05) is 23.1 Å². The topological polar surface area (TPSA) is 102 Å². The van der Waals surface area contributed by atoms with Gasteiger partial charge in [-0.15, -0.1) is 0 Å². The Balaban J connectivity index is 1.41. The summed E-state index contributed by atoms with van der Waals surface area (Å²) in [6, 6.07) is 8.09. The lowest BCUT2D eigenvalue weighted by atomic mass is 9.85. The highest BCUT2D eigenvalue weighted by molar-refractivity contribution is 7.89. The number of carbonyl (C=O) groups is 2. The van der Waals surface area contributed by atoms with Gasteiger partial charge in [-0.2, -0.15) is 9.57 Å². The first-order valence-electron chi connectivity index (χ1n) is 9.65. The molecule has 0 N–H and O–H groups in total. The van der Waals surface area contributed by atoms with Gasteiger partial charge < -0.3 is 0 Å². The number of hydrogen-bond acceptors (Lipinski definition) is 6. The molecule has 1 aliphatic carbocycles. The van der Waals surface area contributed by atoms with Crippen molar-refractivity contribution in [3.05, 3.63) is 42.0 Å². The van der Waals surface area contributed by atoms with Gasteiger partial charge in [-0.05, 0) is 25.0 Å². The van der Waals surface area contributed by atoms with E-state index in [2.05, 4.69) is 0 Å². The van der Waals surface area contributed by atoms with Crippen LogP contribution in [0.2, 0.25) is 0 Å². The average Bonchev–Trinajstić information content (AvgIpc) is 2.99. The summed E-state index contributed by atoms with van der Waals surface area (Å²) in [6.45, 7) is 1.52. The number of rotatable bonds is 4. The van der Waals surface area contributed by atoms with Crippen molar-refractivity contribution in [1.82, 2.24) is 14.1 Å². The number of likely N-dealkylation sites (tertiary alicyclic amines) is 1. The Morgan fingerprint density at radius 1 is 0.966 bits per heavy atom. The third kappa shape index (κ3) is 3.48. The van der Waals surface area contributed by atoms with E-state index in [9.17, 15) is 23.3 Å². The number of carbonyl (C=O) groups excluding carboxylic acids is 2. The van der Waals surface area contributed by atoms with Gasteiger partial charge in [0.2, 0.25) is 21.8 Å². The second kappa shape index (κ2) is 7.71. The number of piperazine rings is 1. The second-order valence-electron chi connectivity index (χ2n) is 7.53. The number of amides is 2. The standard InChI is InChI=1S/C20H22N4O4S/c21-13-15-5-1-4-8-18(15)29(27,28)23-11-9-22(10-12-23)14-24-19(25)16-6-2-3-7-17(16)20(24)26/h1-5,8,16-17H,6-7,9-12,14H2. The van der Waals surface area contributed by atoms with Crippen molar-refractivity contribution in [2.24, 2.45) is 11.8 Å². The normalized spacial score (nSPS) is 25.8. The lowest BCUT2D eigenvalue weighted by molar-refractivity contribution is -0.142. The highest BCUT2D eigenvalue weighted by Crippen LogP contribution is 2.35. The molecule has 0 aromatic heterocycles. The summed E-state index contributed by atoms with van der Waals surface area (Å²) in [7, 11) is -3.77. The van der Waals surface area contributed by atoms with E-state index < -0.39 is 10.0 Å². The molecular weight excluding hydrogens is 392 g/mol. The number of nitrogens with zero attached hydrogens (tertiary/aromatic N) is 4. The van der Waals surface area contributed by atoms with E-state index in [-0.39, 0.29) is 53.9 Å². The second-order valence-corrected chi connectivity index (χ2v) is 9.44. The number of nitriles is 1. The van der Waals surface area contributed by atoms with Gasteiger partial charge in [-0.25, -0.2) is 8.42 Å². The van der Waals surface area contributed by atoms with Crippen molar-refractivity contribution in [3.8, 4) is 6.07 Å².